The smallest absolute Gasteiger partial charge is 0.169 e. The Morgan fingerprint density at radius 3 is 2.58 bits per heavy atom. The third-order valence-corrected chi connectivity index (χ3v) is 5.69. The van der Waals surface area contributed by atoms with Gasteiger partial charge in [0.15, 0.2) is 29.3 Å². The summed E-state index contributed by atoms with van der Waals surface area (Å²) in [7, 11) is 0. The molecule has 4 heterocycles. The van der Waals surface area contributed by atoms with Crippen LogP contribution in [0.4, 0.5) is 8.78 Å². The van der Waals surface area contributed by atoms with Gasteiger partial charge in [-0.3, -0.25) is 5.10 Å². The van der Waals surface area contributed by atoms with Gasteiger partial charge in [0.25, 0.3) is 0 Å². The molecule has 38 heavy (non-hydrogen) atoms. The quantitative estimate of drug-likeness (QED) is 0.244. The maximum atomic E-state index is 13.5. The van der Waals surface area contributed by atoms with Crippen molar-refractivity contribution in [2.75, 3.05) is 0 Å². The molecule has 4 aromatic rings. The van der Waals surface area contributed by atoms with Crippen LogP contribution in [0.3, 0.4) is 0 Å². The summed E-state index contributed by atoms with van der Waals surface area (Å²) in [5.74, 6) is 0.818. The predicted octanol–water partition coefficient (Wildman–Crippen LogP) is 6.19. The molecule has 6 rings (SSSR count). The van der Waals surface area contributed by atoms with Gasteiger partial charge in [0.1, 0.15) is 28.7 Å². The summed E-state index contributed by atoms with van der Waals surface area (Å²) >= 11 is 5.70. The average Bonchev–Trinajstić information content (AvgIpc) is 3.72. The molecule has 0 aliphatic carbocycles. The summed E-state index contributed by atoms with van der Waals surface area (Å²) < 4.78 is 37.5. The summed E-state index contributed by atoms with van der Waals surface area (Å²) in [6, 6.07) is 13.4. The third-order valence-electron chi connectivity index (χ3n) is 5.43. The first kappa shape index (κ1) is 25.0. The molecule has 2 N–H and O–H groups in total. The van der Waals surface area contributed by atoms with Crippen molar-refractivity contribution in [3.63, 3.8) is 0 Å². The van der Waals surface area contributed by atoms with E-state index in [1.165, 1.54) is 18.3 Å². The van der Waals surface area contributed by atoms with E-state index in [1.807, 2.05) is 37.3 Å². The lowest BCUT2D eigenvalue weighted by Gasteiger charge is -2.12. The van der Waals surface area contributed by atoms with Crippen LogP contribution in [0.5, 0.6) is 5.75 Å². The monoisotopic (exact) mass is 535 g/mol. The van der Waals surface area contributed by atoms with Crippen LogP contribution in [0.15, 0.2) is 77.8 Å². The Balaban J connectivity index is 0.000000158. The lowest BCUT2D eigenvalue weighted by Crippen LogP contribution is -2.04. The maximum absolute atomic E-state index is 13.5. The number of benzene rings is 2. The number of imidazole rings is 2. The van der Waals surface area contributed by atoms with Crippen molar-refractivity contribution in [1.29, 1.82) is 0 Å². The van der Waals surface area contributed by atoms with Gasteiger partial charge >= 0.3 is 0 Å². The van der Waals surface area contributed by atoms with Crippen LogP contribution in [-0.4, -0.2) is 35.3 Å². The molecular weight excluding hydrogens is 516 g/mol. The van der Waals surface area contributed by atoms with Crippen molar-refractivity contribution < 1.29 is 18.0 Å². The van der Waals surface area contributed by atoms with Crippen LogP contribution in [-0.2, 0) is 5.88 Å². The number of hydrogen-bond acceptors (Lipinski definition) is 7. The van der Waals surface area contributed by atoms with E-state index in [-0.39, 0.29) is 17.5 Å². The van der Waals surface area contributed by atoms with Crippen LogP contribution < -0.4 is 4.74 Å². The van der Waals surface area contributed by atoms with Crippen molar-refractivity contribution in [2.45, 2.75) is 18.9 Å². The van der Waals surface area contributed by atoms with Crippen molar-refractivity contribution in [1.82, 2.24) is 35.3 Å². The highest BCUT2D eigenvalue weighted by Gasteiger charge is 2.17. The van der Waals surface area contributed by atoms with Crippen LogP contribution in [0.1, 0.15) is 24.6 Å². The maximum Gasteiger partial charge on any atom is 0.169 e. The molecule has 2 aliphatic heterocycles. The fourth-order valence-corrected chi connectivity index (χ4v) is 3.66. The van der Waals surface area contributed by atoms with E-state index < -0.39 is 11.6 Å². The first-order valence-corrected chi connectivity index (χ1v) is 11.9. The molecule has 0 fully saturated rings. The van der Waals surface area contributed by atoms with Gasteiger partial charge in [-0.2, -0.15) is 5.10 Å². The predicted molar refractivity (Wildman–Crippen MR) is 135 cm³/mol. The van der Waals surface area contributed by atoms with Crippen LogP contribution in [0.2, 0.25) is 0 Å². The van der Waals surface area contributed by atoms with Gasteiger partial charge in [0.05, 0.1) is 17.6 Å². The number of fused-ring (bicyclic) bond motifs is 1. The molecule has 192 valence electrons. The molecule has 0 saturated carbocycles. The van der Waals surface area contributed by atoms with E-state index in [0.717, 1.165) is 28.9 Å². The normalized spacial score (nSPS) is 11.7. The Kier molecular flexibility index (Phi) is 7.36. The number of nitrogens with zero attached hydrogens (tertiary/aromatic N) is 5. The highest BCUT2D eigenvalue weighted by molar-refractivity contribution is 6.16. The van der Waals surface area contributed by atoms with Gasteiger partial charge in [-0.05, 0) is 43.3 Å². The Morgan fingerprint density at radius 2 is 1.87 bits per heavy atom. The molecule has 0 spiro atoms. The Hall–Kier alpha value is -4.64. The van der Waals surface area contributed by atoms with Gasteiger partial charge < -0.3 is 14.2 Å². The molecule has 1 atom stereocenters. The second kappa shape index (κ2) is 11.2. The lowest BCUT2D eigenvalue weighted by molar-refractivity contribution is 0.217. The van der Waals surface area contributed by atoms with Gasteiger partial charge in [0, 0.05) is 30.2 Å². The summed E-state index contributed by atoms with van der Waals surface area (Å²) in [4.78, 5) is 15.4. The number of aromatic amines is 2. The van der Waals surface area contributed by atoms with E-state index in [2.05, 4.69) is 35.3 Å². The molecule has 0 bridgehead atoms. The topological polar surface area (TPSA) is 118 Å². The molecule has 2 aromatic heterocycles. The number of alkyl halides is 1. The molecule has 9 nitrogen and oxygen atoms in total. The number of halogens is 3. The zero-order valence-electron chi connectivity index (χ0n) is 19.9. The fraction of sp³-hybridized carbons (Fsp3) is 0.115. The third kappa shape index (κ3) is 5.52. The molecule has 2 aromatic carbocycles. The van der Waals surface area contributed by atoms with E-state index in [0.29, 0.717) is 23.0 Å². The number of hydrogen-bond donors (Lipinski definition) is 2. The fourth-order valence-electron chi connectivity index (χ4n) is 3.54. The van der Waals surface area contributed by atoms with Crippen LogP contribution in [0, 0.1) is 11.6 Å². The van der Waals surface area contributed by atoms with E-state index in [1.54, 1.807) is 18.6 Å². The number of rotatable bonds is 6. The molecule has 1 unspecified atom stereocenters. The minimum atomic E-state index is -0.945. The summed E-state index contributed by atoms with van der Waals surface area (Å²) in [5.41, 5.74) is 2.84. The van der Waals surface area contributed by atoms with E-state index in [4.69, 9.17) is 20.9 Å². The standard InChI is InChI=1S/C15H14ClN3O2.C11H6F2N4/c1-10(15-17-6-7-18-15)20-12-4-2-11(3-5-12)14-8-13(9-16)21-19-14;12-7-3-1-2-6(10(7)13)11-16-8-4-14-15-5-9(8)17-11/h2-8,10H,9H2,1H3,(H,17,18);1-5,14H. The Labute approximate surface area is 220 Å². The summed E-state index contributed by atoms with van der Waals surface area (Å²) in [5, 5.41) is 10.3. The first-order chi connectivity index (χ1) is 18.5. The summed E-state index contributed by atoms with van der Waals surface area (Å²) in [6.07, 6.45) is 6.36. The highest BCUT2D eigenvalue weighted by Crippen LogP contribution is 2.27. The SMILES string of the molecule is CC(Oc1ccc(-c2cc(CCl)on2)cc1)c1ncc[nH]1.Fc1cccc(-c2nc3cn[nH]cc-3n2)c1F. The Bertz CT molecular complexity index is 1560. The van der Waals surface area contributed by atoms with Gasteiger partial charge in [-0.25, -0.2) is 23.7 Å². The largest absolute Gasteiger partial charge is 0.483 e. The second-order valence-corrected chi connectivity index (χ2v) is 8.29. The molecule has 0 saturated heterocycles. The highest BCUT2D eigenvalue weighted by atomic mass is 35.5. The average molecular weight is 536 g/mol. The number of H-pyrrole nitrogens is 2. The minimum Gasteiger partial charge on any atom is -0.483 e. The first-order valence-electron chi connectivity index (χ1n) is 11.4. The molecule has 0 amide bonds. The lowest BCUT2D eigenvalue weighted by atomic mass is 10.1. The number of nitrogens with one attached hydrogen (secondary N) is 2. The molecule has 12 heteroatoms. The van der Waals surface area contributed by atoms with E-state index in [9.17, 15) is 8.78 Å². The van der Waals surface area contributed by atoms with Gasteiger partial charge in [-0.1, -0.05) is 11.2 Å². The zero-order valence-corrected chi connectivity index (χ0v) is 20.7. The zero-order chi connectivity index (χ0) is 26.5. The summed E-state index contributed by atoms with van der Waals surface area (Å²) in [6.45, 7) is 1.94. The minimum absolute atomic E-state index is 0.0428. The molecular formula is C26H20ClF2N7O2. The number of ether oxygens (including phenoxy) is 1. The molecule has 0 radical (unpaired) electrons. The second-order valence-electron chi connectivity index (χ2n) is 8.02. The molecule has 2 aliphatic rings. The van der Waals surface area contributed by atoms with Crippen molar-refractivity contribution >= 4 is 11.6 Å². The van der Waals surface area contributed by atoms with Crippen molar-refractivity contribution in [2.24, 2.45) is 0 Å². The van der Waals surface area contributed by atoms with Crippen molar-refractivity contribution in [3.8, 4) is 39.8 Å². The van der Waals surface area contributed by atoms with Gasteiger partial charge in [0.2, 0.25) is 0 Å². The van der Waals surface area contributed by atoms with Gasteiger partial charge in [-0.15, -0.1) is 11.6 Å². The number of aromatic nitrogens is 7. The van der Waals surface area contributed by atoms with Crippen LogP contribution >= 0.6 is 11.6 Å². The van der Waals surface area contributed by atoms with E-state index >= 15 is 0 Å². The van der Waals surface area contributed by atoms with Crippen LogP contribution in [0.25, 0.3) is 34.0 Å². The van der Waals surface area contributed by atoms with Crippen molar-refractivity contribution in [3.05, 3.63) is 96.5 Å². The Morgan fingerprint density at radius 1 is 1.05 bits per heavy atom.